The zero-order chi connectivity index (χ0) is 20.6. The summed E-state index contributed by atoms with van der Waals surface area (Å²) in [6, 6.07) is 5.32. The zero-order valence-corrected chi connectivity index (χ0v) is 18.2. The molecule has 1 aliphatic heterocycles. The van der Waals surface area contributed by atoms with Crippen LogP contribution >= 0.6 is 0 Å². The van der Waals surface area contributed by atoms with Crippen molar-refractivity contribution in [1.82, 2.24) is 0 Å². The van der Waals surface area contributed by atoms with Gasteiger partial charge in [0.05, 0.1) is 5.69 Å². The minimum absolute atomic E-state index is 0.0797. The molecule has 0 aromatic heterocycles. The fourth-order valence-corrected chi connectivity index (χ4v) is 5.70. The summed E-state index contributed by atoms with van der Waals surface area (Å²) >= 11 is 0. The molecule has 1 fully saturated rings. The number of sulfonamides is 1. The molecule has 0 amide bonds. The molecule has 0 spiro atoms. The van der Waals surface area contributed by atoms with Crippen LogP contribution in [-0.2, 0) is 10.0 Å². The fraction of sp³-hybridized carbons (Fsp3) is 0.455. The van der Waals surface area contributed by atoms with Crippen LogP contribution < -0.4 is 9.62 Å². The Morgan fingerprint density at radius 1 is 0.893 bits per heavy atom. The molecule has 6 heteroatoms. The first kappa shape index (κ1) is 20.5. The summed E-state index contributed by atoms with van der Waals surface area (Å²) in [4.78, 5) is 2.28. The van der Waals surface area contributed by atoms with Crippen LogP contribution in [0.1, 0.15) is 47.1 Å². The highest BCUT2D eigenvalue weighted by molar-refractivity contribution is 7.92. The summed E-state index contributed by atoms with van der Waals surface area (Å²) < 4.78 is 29.0. The maximum absolute atomic E-state index is 13.1. The first-order valence-electron chi connectivity index (χ1n) is 9.80. The second-order valence-corrected chi connectivity index (χ2v) is 9.59. The Kier molecular flexibility index (Phi) is 5.62. The third-order valence-corrected chi connectivity index (χ3v) is 6.90. The average molecular weight is 403 g/mol. The lowest BCUT2D eigenvalue weighted by Crippen LogP contribution is -2.31. The van der Waals surface area contributed by atoms with Crippen molar-refractivity contribution in [3.8, 4) is 5.75 Å². The summed E-state index contributed by atoms with van der Waals surface area (Å²) in [7, 11) is -3.91. The van der Waals surface area contributed by atoms with E-state index in [9.17, 15) is 13.5 Å². The Morgan fingerprint density at radius 2 is 1.54 bits per heavy atom. The molecule has 0 aliphatic carbocycles. The van der Waals surface area contributed by atoms with Crippen LogP contribution in [0.4, 0.5) is 11.4 Å². The van der Waals surface area contributed by atoms with Gasteiger partial charge in [0.1, 0.15) is 10.6 Å². The number of aromatic hydroxyl groups is 1. The lowest BCUT2D eigenvalue weighted by Gasteiger charge is -2.33. The van der Waals surface area contributed by atoms with E-state index in [1.165, 1.54) is 12.5 Å². The van der Waals surface area contributed by atoms with Gasteiger partial charge in [-0.2, -0.15) is 0 Å². The van der Waals surface area contributed by atoms with E-state index in [0.717, 1.165) is 53.9 Å². The Balaban J connectivity index is 2.07. The predicted molar refractivity (Wildman–Crippen MR) is 115 cm³/mol. The van der Waals surface area contributed by atoms with Crippen molar-refractivity contribution in [2.75, 3.05) is 22.7 Å². The number of hydrogen-bond donors (Lipinski definition) is 2. The van der Waals surface area contributed by atoms with E-state index in [-0.39, 0.29) is 10.6 Å². The number of anilines is 2. The second kappa shape index (κ2) is 7.66. The van der Waals surface area contributed by atoms with Crippen molar-refractivity contribution in [2.45, 2.75) is 58.8 Å². The van der Waals surface area contributed by atoms with E-state index in [1.807, 2.05) is 26.8 Å². The highest BCUT2D eigenvalue weighted by Gasteiger charge is 2.25. The molecule has 0 radical (unpaired) electrons. The minimum atomic E-state index is -3.91. The van der Waals surface area contributed by atoms with Gasteiger partial charge in [0, 0.05) is 18.8 Å². The summed E-state index contributed by atoms with van der Waals surface area (Å²) in [5.74, 6) is -0.197. The van der Waals surface area contributed by atoms with Crippen LogP contribution in [-0.4, -0.2) is 26.6 Å². The van der Waals surface area contributed by atoms with Crippen molar-refractivity contribution in [2.24, 2.45) is 0 Å². The topological polar surface area (TPSA) is 69.6 Å². The van der Waals surface area contributed by atoms with E-state index in [1.54, 1.807) is 13.0 Å². The lowest BCUT2D eigenvalue weighted by atomic mass is 9.99. The third-order valence-electron chi connectivity index (χ3n) is 5.54. The SMILES string of the molecule is Cc1cc(C)c(O)c(S(=O)(=O)Nc2c(C)cc(C)c(N3CCCCC3)c2C)c1. The monoisotopic (exact) mass is 402 g/mol. The van der Waals surface area contributed by atoms with E-state index < -0.39 is 10.0 Å². The van der Waals surface area contributed by atoms with Crippen LogP contribution in [0, 0.1) is 34.6 Å². The number of piperidine rings is 1. The zero-order valence-electron chi connectivity index (χ0n) is 17.4. The Labute approximate surface area is 168 Å². The first-order valence-corrected chi connectivity index (χ1v) is 11.3. The first-order chi connectivity index (χ1) is 13.1. The molecule has 2 N–H and O–H groups in total. The smallest absolute Gasteiger partial charge is 0.265 e. The van der Waals surface area contributed by atoms with Crippen LogP contribution in [0.5, 0.6) is 5.75 Å². The van der Waals surface area contributed by atoms with Gasteiger partial charge < -0.3 is 10.0 Å². The molecule has 1 heterocycles. The van der Waals surface area contributed by atoms with E-state index in [2.05, 4.69) is 16.5 Å². The van der Waals surface area contributed by atoms with Gasteiger partial charge in [-0.05, 0) is 87.8 Å². The number of aryl methyl sites for hydroxylation is 4. The van der Waals surface area contributed by atoms with Crippen molar-refractivity contribution >= 4 is 21.4 Å². The van der Waals surface area contributed by atoms with Crippen LogP contribution in [0.15, 0.2) is 23.1 Å². The molecule has 1 saturated heterocycles. The van der Waals surface area contributed by atoms with Gasteiger partial charge in [-0.1, -0.05) is 12.1 Å². The second-order valence-electron chi connectivity index (χ2n) is 7.94. The number of hydrogen-bond acceptors (Lipinski definition) is 4. The van der Waals surface area contributed by atoms with Gasteiger partial charge in [-0.15, -0.1) is 0 Å². The molecular weight excluding hydrogens is 372 g/mol. The van der Waals surface area contributed by atoms with Gasteiger partial charge in [-0.3, -0.25) is 4.72 Å². The van der Waals surface area contributed by atoms with Gasteiger partial charge in [-0.25, -0.2) is 8.42 Å². The molecule has 3 rings (SSSR count). The molecule has 28 heavy (non-hydrogen) atoms. The Morgan fingerprint density at radius 3 is 2.18 bits per heavy atom. The molecule has 0 unspecified atom stereocenters. The van der Waals surface area contributed by atoms with E-state index in [0.29, 0.717) is 11.3 Å². The van der Waals surface area contributed by atoms with E-state index in [4.69, 9.17) is 0 Å². The quantitative estimate of drug-likeness (QED) is 0.776. The van der Waals surface area contributed by atoms with Gasteiger partial charge in [0.25, 0.3) is 10.0 Å². The molecule has 0 bridgehead atoms. The number of phenols is 1. The number of rotatable bonds is 4. The third kappa shape index (κ3) is 3.83. The van der Waals surface area contributed by atoms with Gasteiger partial charge >= 0.3 is 0 Å². The van der Waals surface area contributed by atoms with Crippen molar-refractivity contribution < 1.29 is 13.5 Å². The summed E-state index contributed by atoms with van der Waals surface area (Å²) in [6.07, 6.45) is 3.56. The molecule has 2 aromatic carbocycles. The van der Waals surface area contributed by atoms with Crippen LogP contribution in [0.3, 0.4) is 0 Å². The Bertz CT molecular complexity index is 1010. The average Bonchev–Trinajstić information content (AvgIpc) is 2.62. The number of nitrogens with one attached hydrogen (secondary N) is 1. The highest BCUT2D eigenvalue weighted by Crippen LogP contribution is 2.37. The van der Waals surface area contributed by atoms with Crippen molar-refractivity contribution in [3.05, 3.63) is 46.0 Å². The highest BCUT2D eigenvalue weighted by atomic mass is 32.2. The van der Waals surface area contributed by atoms with Crippen LogP contribution in [0.2, 0.25) is 0 Å². The standard InChI is InChI=1S/C22H30N2O3S/c1-14-11-17(4)22(25)19(12-14)28(26,27)23-20-15(2)13-16(3)21(18(20)5)24-9-7-6-8-10-24/h11-13,23,25H,6-10H2,1-5H3. The van der Waals surface area contributed by atoms with Gasteiger partial charge in [0.15, 0.2) is 0 Å². The molecule has 0 atom stereocenters. The van der Waals surface area contributed by atoms with Crippen molar-refractivity contribution in [3.63, 3.8) is 0 Å². The predicted octanol–water partition coefficient (Wildman–Crippen LogP) is 4.73. The van der Waals surface area contributed by atoms with Gasteiger partial charge in [0.2, 0.25) is 0 Å². The molecule has 2 aromatic rings. The molecule has 152 valence electrons. The number of benzene rings is 2. The molecule has 1 aliphatic rings. The maximum atomic E-state index is 13.1. The molecular formula is C22H30N2O3S. The maximum Gasteiger partial charge on any atom is 0.265 e. The lowest BCUT2D eigenvalue weighted by molar-refractivity contribution is 0.454. The fourth-order valence-electron chi connectivity index (χ4n) is 4.25. The number of phenolic OH excluding ortho intramolecular Hbond substituents is 1. The molecule has 0 saturated carbocycles. The summed E-state index contributed by atoms with van der Waals surface area (Å²) in [5.41, 5.74) is 6.04. The van der Waals surface area contributed by atoms with E-state index >= 15 is 0 Å². The molecule has 5 nitrogen and oxygen atoms in total. The van der Waals surface area contributed by atoms with Crippen LogP contribution in [0.25, 0.3) is 0 Å². The van der Waals surface area contributed by atoms with Crippen molar-refractivity contribution in [1.29, 1.82) is 0 Å². The Hall–Kier alpha value is -2.21. The number of nitrogens with zero attached hydrogens (tertiary/aromatic N) is 1. The summed E-state index contributed by atoms with van der Waals surface area (Å²) in [6.45, 7) is 11.5. The normalized spacial score (nSPS) is 15.0. The minimum Gasteiger partial charge on any atom is -0.506 e. The summed E-state index contributed by atoms with van der Waals surface area (Å²) in [5, 5.41) is 10.3. The largest absolute Gasteiger partial charge is 0.506 e.